The molecule has 0 spiro atoms. The van der Waals surface area contributed by atoms with Crippen LogP contribution >= 0.6 is 0 Å². The van der Waals surface area contributed by atoms with Crippen molar-refractivity contribution in [2.75, 3.05) is 11.9 Å². The maximum absolute atomic E-state index is 5.85. The fourth-order valence-electron chi connectivity index (χ4n) is 2.19. The summed E-state index contributed by atoms with van der Waals surface area (Å²) < 4.78 is 0. The average molecular weight is 255 g/mol. The number of aromatic nitrogens is 1. The van der Waals surface area contributed by atoms with Gasteiger partial charge in [0.25, 0.3) is 0 Å². The van der Waals surface area contributed by atoms with E-state index in [2.05, 4.69) is 48.0 Å². The van der Waals surface area contributed by atoms with Gasteiger partial charge in [-0.25, -0.2) is 4.98 Å². The first-order chi connectivity index (χ1) is 9.17. The van der Waals surface area contributed by atoms with Gasteiger partial charge in [-0.2, -0.15) is 0 Å². The summed E-state index contributed by atoms with van der Waals surface area (Å²) in [4.78, 5) is 6.57. The topological polar surface area (TPSA) is 42.2 Å². The third-order valence-corrected chi connectivity index (χ3v) is 3.52. The molecule has 2 aromatic rings. The van der Waals surface area contributed by atoms with Gasteiger partial charge in [0.05, 0.1) is 0 Å². The highest BCUT2D eigenvalue weighted by Gasteiger charge is 2.11. The minimum absolute atomic E-state index is 0.506. The number of hydrogen-bond donors (Lipinski definition) is 1. The largest absolute Gasteiger partial charge is 0.329 e. The molecule has 0 radical (unpaired) electrons. The fourth-order valence-corrected chi connectivity index (χ4v) is 2.19. The monoisotopic (exact) mass is 255 g/mol. The van der Waals surface area contributed by atoms with Crippen LogP contribution in [0.3, 0.4) is 0 Å². The van der Waals surface area contributed by atoms with Gasteiger partial charge < -0.3 is 10.6 Å². The van der Waals surface area contributed by atoms with Crippen molar-refractivity contribution in [3.63, 3.8) is 0 Å². The average Bonchev–Trinajstić information content (AvgIpc) is 2.46. The first kappa shape index (κ1) is 13.6. The number of rotatable bonds is 4. The number of benzene rings is 1. The highest BCUT2D eigenvalue weighted by atomic mass is 15.2. The van der Waals surface area contributed by atoms with Crippen LogP contribution in [-0.4, -0.2) is 12.0 Å². The van der Waals surface area contributed by atoms with Crippen molar-refractivity contribution >= 4 is 11.5 Å². The smallest absolute Gasteiger partial charge is 0.137 e. The SMILES string of the molecule is CCc1ccc(N(C)c2nccc(C)c2CN)cc1. The Morgan fingerprint density at radius 3 is 2.42 bits per heavy atom. The van der Waals surface area contributed by atoms with Crippen LogP contribution in [0.4, 0.5) is 11.5 Å². The number of pyridine rings is 1. The molecule has 1 aromatic heterocycles. The van der Waals surface area contributed by atoms with Gasteiger partial charge in [-0.3, -0.25) is 0 Å². The zero-order chi connectivity index (χ0) is 13.8. The maximum atomic E-state index is 5.85. The molecular formula is C16H21N3. The fraction of sp³-hybridized carbons (Fsp3) is 0.312. The molecule has 1 aromatic carbocycles. The maximum Gasteiger partial charge on any atom is 0.137 e. The molecule has 2 N–H and O–H groups in total. The molecule has 0 amide bonds. The first-order valence-electron chi connectivity index (χ1n) is 6.64. The van der Waals surface area contributed by atoms with Crippen molar-refractivity contribution < 1.29 is 0 Å². The second-order valence-corrected chi connectivity index (χ2v) is 4.71. The van der Waals surface area contributed by atoms with Gasteiger partial charge in [-0.05, 0) is 42.7 Å². The van der Waals surface area contributed by atoms with Crippen LogP contribution in [0, 0.1) is 6.92 Å². The lowest BCUT2D eigenvalue weighted by Crippen LogP contribution is -2.16. The summed E-state index contributed by atoms with van der Waals surface area (Å²) in [6.07, 6.45) is 2.89. The van der Waals surface area contributed by atoms with Gasteiger partial charge in [0.15, 0.2) is 0 Å². The summed E-state index contributed by atoms with van der Waals surface area (Å²) >= 11 is 0. The summed E-state index contributed by atoms with van der Waals surface area (Å²) in [6.45, 7) is 4.74. The lowest BCUT2D eigenvalue weighted by molar-refractivity contribution is 0.991. The molecule has 0 aliphatic heterocycles. The Morgan fingerprint density at radius 2 is 1.84 bits per heavy atom. The quantitative estimate of drug-likeness (QED) is 0.912. The summed E-state index contributed by atoms with van der Waals surface area (Å²) in [5, 5.41) is 0. The molecule has 0 saturated carbocycles. The van der Waals surface area contributed by atoms with Gasteiger partial charge >= 0.3 is 0 Å². The van der Waals surface area contributed by atoms with Crippen LogP contribution < -0.4 is 10.6 Å². The third kappa shape index (κ3) is 2.76. The predicted molar refractivity (Wildman–Crippen MR) is 80.7 cm³/mol. The lowest BCUT2D eigenvalue weighted by atomic mass is 10.1. The normalized spacial score (nSPS) is 10.5. The second-order valence-electron chi connectivity index (χ2n) is 4.71. The van der Waals surface area contributed by atoms with Crippen LogP contribution in [0.1, 0.15) is 23.6 Å². The van der Waals surface area contributed by atoms with Crippen molar-refractivity contribution in [3.05, 3.63) is 53.2 Å². The highest BCUT2D eigenvalue weighted by molar-refractivity contribution is 5.63. The van der Waals surface area contributed by atoms with E-state index in [1.54, 1.807) is 0 Å². The summed E-state index contributed by atoms with van der Waals surface area (Å²) in [5.41, 5.74) is 10.6. The molecule has 3 heteroatoms. The standard InChI is InChI=1S/C16H21N3/c1-4-13-5-7-14(8-6-13)19(3)16-15(11-17)12(2)9-10-18-16/h5-10H,4,11,17H2,1-3H3. The molecule has 0 atom stereocenters. The Balaban J connectivity index is 2.37. The molecule has 0 saturated heterocycles. The van der Waals surface area contributed by atoms with E-state index in [-0.39, 0.29) is 0 Å². The second kappa shape index (κ2) is 5.85. The Bertz CT molecular complexity index is 546. The number of anilines is 2. The van der Waals surface area contributed by atoms with Crippen LogP contribution in [0.25, 0.3) is 0 Å². The van der Waals surface area contributed by atoms with E-state index >= 15 is 0 Å². The number of nitrogens with two attached hydrogens (primary N) is 1. The molecule has 0 fully saturated rings. The first-order valence-corrected chi connectivity index (χ1v) is 6.64. The molecule has 100 valence electrons. The third-order valence-electron chi connectivity index (χ3n) is 3.52. The van der Waals surface area contributed by atoms with Crippen molar-refractivity contribution in [3.8, 4) is 0 Å². The molecule has 19 heavy (non-hydrogen) atoms. The van der Waals surface area contributed by atoms with E-state index in [0.717, 1.165) is 23.5 Å². The van der Waals surface area contributed by atoms with Gasteiger partial charge in [0.2, 0.25) is 0 Å². The van der Waals surface area contributed by atoms with Crippen LogP contribution in [0.5, 0.6) is 0 Å². The number of hydrogen-bond acceptors (Lipinski definition) is 3. The molecule has 1 heterocycles. The predicted octanol–water partition coefficient (Wildman–Crippen LogP) is 3.18. The summed E-state index contributed by atoms with van der Waals surface area (Å²) in [6, 6.07) is 10.6. The molecule has 0 bridgehead atoms. The highest BCUT2D eigenvalue weighted by Crippen LogP contribution is 2.26. The Morgan fingerprint density at radius 1 is 1.16 bits per heavy atom. The van der Waals surface area contributed by atoms with Gasteiger partial charge in [0, 0.05) is 31.0 Å². The minimum atomic E-state index is 0.506. The number of nitrogens with zero attached hydrogens (tertiary/aromatic N) is 2. The summed E-state index contributed by atoms with van der Waals surface area (Å²) in [5.74, 6) is 0.937. The lowest BCUT2D eigenvalue weighted by Gasteiger charge is -2.22. The number of aryl methyl sites for hydroxylation is 2. The van der Waals surface area contributed by atoms with Gasteiger partial charge in [-0.1, -0.05) is 19.1 Å². The van der Waals surface area contributed by atoms with Gasteiger partial charge in [0.1, 0.15) is 5.82 Å². The van der Waals surface area contributed by atoms with E-state index in [0.29, 0.717) is 6.54 Å². The van der Waals surface area contributed by atoms with Crippen molar-refractivity contribution in [1.29, 1.82) is 0 Å². The van der Waals surface area contributed by atoms with Crippen LogP contribution in [0.15, 0.2) is 36.5 Å². The van der Waals surface area contributed by atoms with E-state index in [1.807, 2.05) is 19.3 Å². The molecule has 0 aliphatic carbocycles. The van der Waals surface area contributed by atoms with E-state index in [9.17, 15) is 0 Å². The summed E-state index contributed by atoms with van der Waals surface area (Å²) in [7, 11) is 2.03. The molecule has 2 rings (SSSR count). The van der Waals surface area contributed by atoms with Crippen molar-refractivity contribution in [2.24, 2.45) is 5.73 Å². The van der Waals surface area contributed by atoms with Crippen LogP contribution in [-0.2, 0) is 13.0 Å². The van der Waals surface area contributed by atoms with E-state index in [1.165, 1.54) is 11.1 Å². The Kier molecular flexibility index (Phi) is 4.17. The molecule has 3 nitrogen and oxygen atoms in total. The zero-order valence-corrected chi connectivity index (χ0v) is 11.9. The Labute approximate surface area is 115 Å². The Hall–Kier alpha value is -1.87. The molecular weight excluding hydrogens is 234 g/mol. The molecule has 0 aliphatic rings. The van der Waals surface area contributed by atoms with Crippen molar-refractivity contribution in [2.45, 2.75) is 26.8 Å². The zero-order valence-electron chi connectivity index (χ0n) is 11.9. The van der Waals surface area contributed by atoms with Crippen LogP contribution in [0.2, 0.25) is 0 Å². The van der Waals surface area contributed by atoms with E-state index in [4.69, 9.17) is 5.73 Å². The minimum Gasteiger partial charge on any atom is -0.329 e. The van der Waals surface area contributed by atoms with Crippen molar-refractivity contribution in [1.82, 2.24) is 4.98 Å². The molecule has 0 unspecified atom stereocenters. The van der Waals surface area contributed by atoms with E-state index < -0.39 is 0 Å². The van der Waals surface area contributed by atoms with Gasteiger partial charge in [-0.15, -0.1) is 0 Å².